The van der Waals surface area contributed by atoms with Gasteiger partial charge in [0, 0.05) is 0 Å². The third-order valence-electron chi connectivity index (χ3n) is 2.08. The molecule has 0 atom stereocenters. The van der Waals surface area contributed by atoms with Gasteiger partial charge in [-0.3, -0.25) is 0 Å². The lowest BCUT2D eigenvalue weighted by Gasteiger charge is -1.95. The van der Waals surface area contributed by atoms with Crippen molar-refractivity contribution >= 4 is 6.08 Å². The first-order valence-corrected chi connectivity index (χ1v) is 5.73. The predicted octanol–water partition coefficient (Wildman–Crippen LogP) is 5.03. The summed E-state index contributed by atoms with van der Waals surface area (Å²) in [5.74, 6) is 0. The Bertz CT molecular complexity index is 326. The largest absolute Gasteiger partial charge is 0.0991 e. The van der Waals surface area contributed by atoms with E-state index in [-0.39, 0.29) is 0 Å². The van der Waals surface area contributed by atoms with Gasteiger partial charge in [-0.05, 0) is 31.4 Å². The van der Waals surface area contributed by atoms with E-state index in [0.29, 0.717) is 0 Å². The zero-order chi connectivity index (χ0) is 12.2. The summed E-state index contributed by atoms with van der Waals surface area (Å²) in [5, 5.41) is 0. The van der Waals surface area contributed by atoms with Crippen LogP contribution in [0.3, 0.4) is 0 Å². The normalized spacial score (nSPS) is 10.2. The molecule has 0 radical (unpaired) electrons. The van der Waals surface area contributed by atoms with Gasteiger partial charge in [0.05, 0.1) is 0 Å². The van der Waals surface area contributed by atoms with Gasteiger partial charge in [0.1, 0.15) is 0 Å². The summed E-state index contributed by atoms with van der Waals surface area (Å²) in [7, 11) is 0. The average Bonchev–Trinajstić information content (AvgIpc) is 2.32. The molecule has 86 valence electrons. The molecule has 0 heterocycles. The molecule has 0 saturated heterocycles. The maximum atomic E-state index is 3.46. The summed E-state index contributed by atoms with van der Waals surface area (Å²) in [6.45, 7) is 9.63. The molecule has 0 aliphatic heterocycles. The van der Waals surface area contributed by atoms with Crippen molar-refractivity contribution in [3.05, 3.63) is 66.3 Å². The minimum absolute atomic E-state index is 1.12. The number of benzene rings is 1. The van der Waals surface area contributed by atoms with Gasteiger partial charge in [-0.25, -0.2) is 0 Å². The Labute approximate surface area is 100 Å². The van der Waals surface area contributed by atoms with Gasteiger partial charge in [-0.1, -0.05) is 68.1 Å². The van der Waals surface area contributed by atoms with E-state index < -0.39 is 0 Å². The summed E-state index contributed by atoms with van der Waals surface area (Å²) in [4.78, 5) is 0. The van der Waals surface area contributed by atoms with Crippen LogP contribution in [0.5, 0.6) is 0 Å². The van der Waals surface area contributed by atoms with Gasteiger partial charge >= 0.3 is 0 Å². The third-order valence-corrected chi connectivity index (χ3v) is 2.08. The Morgan fingerprint density at radius 1 is 1.06 bits per heavy atom. The Kier molecular flexibility index (Phi) is 9.00. The zero-order valence-corrected chi connectivity index (χ0v) is 10.6. The highest BCUT2D eigenvalue weighted by Gasteiger charge is 1.87. The average molecular weight is 214 g/mol. The van der Waals surface area contributed by atoms with E-state index in [2.05, 4.69) is 49.9 Å². The van der Waals surface area contributed by atoms with Crippen molar-refractivity contribution in [2.45, 2.75) is 27.2 Å². The molecule has 0 nitrogen and oxygen atoms in total. The van der Waals surface area contributed by atoms with Gasteiger partial charge < -0.3 is 0 Å². The molecule has 0 unspecified atom stereocenters. The Balaban J connectivity index is 0.000000385. The maximum Gasteiger partial charge on any atom is -0.0260 e. The van der Waals surface area contributed by atoms with Crippen LogP contribution in [0.1, 0.15) is 31.9 Å². The van der Waals surface area contributed by atoms with Crippen molar-refractivity contribution in [3.63, 3.8) is 0 Å². The van der Waals surface area contributed by atoms with Crippen LogP contribution in [0.4, 0.5) is 0 Å². The summed E-state index contributed by atoms with van der Waals surface area (Å²) < 4.78 is 0. The highest BCUT2D eigenvalue weighted by atomic mass is 13.9. The quantitative estimate of drug-likeness (QED) is 0.619. The summed E-state index contributed by atoms with van der Waals surface area (Å²) >= 11 is 0. The number of hydrogen-bond acceptors (Lipinski definition) is 0. The highest BCUT2D eigenvalue weighted by Crippen LogP contribution is 2.06. The Morgan fingerprint density at radius 3 is 2.00 bits per heavy atom. The molecule has 0 spiro atoms. The smallest absolute Gasteiger partial charge is 0.0260 e. The molecular formula is C16H22. The molecule has 1 rings (SSSR count). The molecule has 0 fully saturated rings. The lowest BCUT2D eigenvalue weighted by Crippen LogP contribution is -1.78. The van der Waals surface area contributed by atoms with Crippen LogP contribution in [-0.4, -0.2) is 0 Å². The topological polar surface area (TPSA) is 0 Å². The number of aryl methyl sites for hydroxylation is 1. The second kappa shape index (κ2) is 9.97. The fourth-order valence-electron chi connectivity index (χ4n) is 1.19. The minimum atomic E-state index is 1.12. The van der Waals surface area contributed by atoms with Crippen LogP contribution in [0, 0.1) is 0 Å². The molecule has 0 aliphatic rings. The summed E-state index contributed by atoms with van der Waals surface area (Å²) in [6.07, 6.45) is 10.9. The van der Waals surface area contributed by atoms with Crippen molar-refractivity contribution in [2.24, 2.45) is 0 Å². The molecule has 0 N–H and O–H groups in total. The van der Waals surface area contributed by atoms with Crippen LogP contribution in [0.2, 0.25) is 0 Å². The van der Waals surface area contributed by atoms with Crippen molar-refractivity contribution < 1.29 is 0 Å². The van der Waals surface area contributed by atoms with Crippen molar-refractivity contribution in [3.8, 4) is 0 Å². The number of rotatable bonds is 3. The van der Waals surface area contributed by atoms with E-state index in [1.807, 2.05) is 26.0 Å². The van der Waals surface area contributed by atoms with Crippen LogP contribution in [0.15, 0.2) is 55.1 Å². The Morgan fingerprint density at radius 2 is 1.69 bits per heavy atom. The van der Waals surface area contributed by atoms with Gasteiger partial charge in [0.2, 0.25) is 0 Å². The molecule has 0 aromatic heterocycles. The van der Waals surface area contributed by atoms with Crippen LogP contribution in [0.25, 0.3) is 6.08 Å². The summed E-state index contributed by atoms with van der Waals surface area (Å²) in [5.41, 5.74) is 2.68. The molecule has 0 saturated carbocycles. The van der Waals surface area contributed by atoms with Crippen LogP contribution >= 0.6 is 0 Å². The lowest BCUT2D eigenvalue weighted by molar-refractivity contribution is 1.14. The second-order valence-corrected chi connectivity index (χ2v) is 3.36. The van der Waals surface area contributed by atoms with Gasteiger partial charge in [0.25, 0.3) is 0 Å². The van der Waals surface area contributed by atoms with Crippen molar-refractivity contribution in [2.75, 3.05) is 0 Å². The fraction of sp³-hybridized carbons (Fsp3) is 0.250. The van der Waals surface area contributed by atoms with E-state index in [1.165, 1.54) is 11.1 Å². The van der Waals surface area contributed by atoms with Crippen molar-refractivity contribution in [1.29, 1.82) is 0 Å². The first-order valence-electron chi connectivity index (χ1n) is 5.73. The molecule has 0 amide bonds. The molecule has 16 heavy (non-hydrogen) atoms. The second-order valence-electron chi connectivity index (χ2n) is 3.36. The lowest BCUT2D eigenvalue weighted by atomic mass is 10.1. The SMILES string of the molecule is C/C=C/c1ccc(CC)cc1.C=C/C=C\C. The summed E-state index contributed by atoms with van der Waals surface area (Å²) in [6, 6.07) is 8.66. The first-order chi connectivity index (χ1) is 7.78. The van der Waals surface area contributed by atoms with E-state index in [0.717, 1.165) is 6.42 Å². The molecule has 0 heteroatoms. The van der Waals surface area contributed by atoms with Gasteiger partial charge in [-0.15, -0.1) is 0 Å². The van der Waals surface area contributed by atoms with E-state index in [1.54, 1.807) is 6.08 Å². The highest BCUT2D eigenvalue weighted by molar-refractivity contribution is 5.49. The molecular weight excluding hydrogens is 192 g/mol. The third kappa shape index (κ3) is 6.83. The van der Waals surface area contributed by atoms with Crippen LogP contribution < -0.4 is 0 Å². The van der Waals surface area contributed by atoms with E-state index in [9.17, 15) is 0 Å². The number of hydrogen-bond donors (Lipinski definition) is 0. The van der Waals surface area contributed by atoms with Crippen LogP contribution in [-0.2, 0) is 6.42 Å². The van der Waals surface area contributed by atoms with Gasteiger partial charge in [0.15, 0.2) is 0 Å². The molecule has 0 aliphatic carbocycles. The fourth-order valence-corrected chi connectivity index (χ4v) is 1.19. The standard InChI is InChI=1S/C11H14.C5H8/c1-3-5-11-8-6-10(4-2)7-9-11;1-3-5-4-2/h3,5-9H,4H2,1-2H3;3-5H,1H2,2H3/b5-3+;5-4-. The molecule has 0 bridgehead atoms. The van der Waals surface area contributed by atoms with Gasteiger partial charge in [-0.2, -0.15) is 0 Å². The van der Waals surface area contributed by atoms with E-state index in [4.69, 9.17) is 0 Å². The molecule has 1 aromatic carbocycles. The molecule has 1 aromatic rings. The maximum absolute atomic E-state index is 3.46. The predicted molar refractivity (Wildman–Crippen MR) is 75.5 cm³/mol. The Hall–Kier alpha value is -1.56. The van der Waals surface area contributed by atoms with E-state index >= 15 is 0 Å². The first kappa shape index (κ1) is 14.4. The minimum Gasteiger partial charge on any atom is -0.0991 e. The van der Waals surface area contributed by atoms with Crippen molar-refractivity contribution in [1.82, 2.24) is 0 Å². The monoisotopic (exact) mass is 214 g/mol. The zero-order valence-electron chi connectivity index (χ0n) is 10.6. The number of allylic oxidation sites excluding steroid dienone is 4.